The van der Waals surface area contributed by atoms with E-state index in [4.69, 9.17) is 81.1 Å². The number of nitrogens with one attached hydrogen (secondary N) is 2. The molecule has 12 rings (SSSR count). The lowest BCUT2D eigenvalue weighted by Crippen LogP contribution is -2.59. The number of carbonyl (C=O) groups is 9. The molecule has 818 valence electrons. The summed E-state index contributed by atoms with van der Waals surface area (Å²) in [7, 11) is -3.04. The number of methoxy groups -OCH3 is 1. The van der Waals surface area contributed by atoms with Gasteiger partial charge < -0.3 is 112 Å². The van der Waals surface area contributed by atoms with Gasteiger partial charge in [0.1, 0.15) is 42.2 Å². The Morgan fingerprint density at radius 1 is 0.678 bits per heavy atom. The molecule has 0 spiro atoms. The molecule has 1 saturated heterocycles. The number of anilines is 2. The molecule has 2 bridgehead atoms. The van der Waals surface area contributed by atoms with Gasteiger partial charge >= 0.3 is 18.0 Å². The number of pyridine rings is 1. The second-order valence-electron chi connectivity index (χ2n) is 38.6. The fraction of sp³-hybridized carbons (Fsp3) is 0.612. The number of aliphatic hydroxyl groups is 3. The Morgan fingerprint density at radius 3 is 1.89 bits per heavy atom. The molecule has 7 aromatic rings. The Balaban J connectivity index is 0.588. The number of hydrogen-bond donors (Lipinski definition) is 8. The minimum absolute atomic E-state index is 0.00975. The van der Waals surface area contributed by atoms with E-state index >= 15 is 0 Å². The van der Waals surface area contributed by atoms with Crippen molar-refractivity contribution in [1.29, 1.82) is 0 Å². The Kier molecular flexibility index (Phi) is 45.8. The predicted octanol–water partition coefficient (Wildman–Crippen LogP) is 7.09. The van der Waals surface area contributed by atoms with Crippen LogP contribution in [0, 0.1) is 36.0 Å². The first-order valence-electron chi connectivity index (χ1n) is 50.6. The number of aryl methyl sites for hydroxylation is 1. The van der Waals surface area contributed by atoms with Gasteiger partial charge in [-0.15, -0.1) is 5.10 Å². The molecule has 44 nitrogen and oxygen atoms in total. The summed E-state index contributed by atoms with van der Waals surface area (Å²) in [6.45, 7) is 20.8. The van der Waals surface area contributed by atoms with Gasteiger partial charge in [-0.05, 0) is 147 Å². The van der Waals surface area contributed by atoms with Crippen LogP contribution >= 0.6 is 11.3 Å². The lowest BCUT2D eigenvalue weighted by molar-refractivity contribution is -0.228. The van der Waals surface area contributed by atoms with Crippen molar-refractivity contribution < 1.29 is 153 Å². The number of fused-ring (bicyclic) bond motifs is 4. The average Bonchev–Trinajstić information content (AvgIpc) is 1.71. The molecule has 149 heavy (non-hydrogen) atoms. The average molecular weight is 2120 g/mol. The number of carboxylic acid groups (broad SMARTS) is 2. The molecule has 4 aromatic heterocycles. The summed E-state index contributed by atoms with van der Waals surface area (Å²) in [6, 6.07) is 19.1. The van der Waals surface area contributed by atoms with Crippen molar-refractivity contribution in [3.63, 3.8) is 0 Å². The zero-order valence-corrected chi connectivity index (χ0v) is 87.2. The molecule has 7 heterocycles. The zero-order valence-electron chi connectivity index (χ0n) is 85.6. The number of para-hydroxylation sites is 1. The summed E-state index contributed by atoms with van der Waals surface area (Å²) in [5, 5.41) is 72.6. The number of thiazole rings is 1. The van der Waals surface area contributed by atoms with Gasteiger partial charge in [-0.1, -0.05) is 86.7 Å². The molecule has 5 amide bonds. The predicted molar refractivity (Wildman–Crippen MR) is 539 cm³/mol. The highest BCUT2D eigenvalue weighted by Gasteiger charge is 2.53. The molecule has 8 N–H and O–H groups in total. The van der Waals surface area contributed by atoms with E-state index in [2.05, 4.69) is 39.8 Å². The van der Waals surface area contributed by atoms with Gasteiger partial charge in [0.2, 0.25) is 5.91 Å². The van der Waals surface area contributed by atoms with Crippen LogP contribution in [0.25, 0.3) is 21.3 Å². The van der Waals surface area contributed by atoms with Crippen LogP contribution < -0.4 is 15.5 Å². The topological polar surface area (TPSA) is 556 Å². The Bertz CT molecular complexity index is 5660. The first-order chi connectivity index (χ1) is 71.6. The largest absolute Gasteiger partial charge is 0.479 e. The number of nitrogens with zero attached hydrogens (tertiary/aromatic N) is 10. The third-order valence-corrected chi connectivity index (χ3v) is 28.5. The maximum atomic E-state index is 14.5. The SMILES string of the molecule is COCCOCCOCCOCCOCCOCCOCCOCCOCCOCCOCCOCCn1cc([C@@H](CC(=O)C[C@H](C(=O)N[C@@H](C)C(=O)Cc2ccc(COC(=O)N(CCOC34CC(C)CC(C)(CC(Cn5ncc(-c6ccc(N7CCc8cccc(C(=O)Nc9nc%10ccccc%10s9)c8C7)nc6C(=O)O)c5C)C3)C4)CCS(=O)(=O)O)c(CC[C@@H]3O[C@H](C(=O)O)[C@@H](O)[C@H](O)[C@H]3O)c2)C(C)C)N2C(=O)C=CC2=O)nn1. The van der Waals surface area contributed by atoms with Gasteiger partial charge in [0, 0.05) is 99.6 Å². The number of benzene rings is 3. The molecule has 46 heteroatoms. The van der Waals surface area contributed by atoms with Crippen molar-refractivity contribution in [1.82, 2.24) is 49.9 Å². The van der Waals surface area contributed by atoms with E-state index in [1.54, 1.807) is 63.6 Å². The fourth-order valence-corrected chi connectivity index (χ4v) is 21.0. The molecule has 2 aliphatic carbocycles. The molecule has 5 aliphatic rings. The summed E-state index contributed by atoms with van der Waals surface area (Å²) in [6.07, 6.45) is -1.93. The Hall–Kier alpha value is -10.5. The number of aliphatic hydroxyl groups excluding tert-OH is 3. The van der Waals surface area contributed by atoms with Crippen LogP contribution in [0.5, 0.6) is 0 Å². The third-order valence-electron chi connectivity index (χ3n) is 26.8. The van der Waals surface area contributed by atoms with E-state index in [-0.39, 0.29) is 99.7 Å². The van der Waals surface area contributed by atoms with Crippen LogP contribution in [0.4, 0.5) is 15.7 Å². The first kappa shape index (κ1) is 117. The van der Waals surface area contributed by atoms with Gasteiger partial charge in [0.05, 0.1) is 217 Å². The number of aromatic carboxylic acids is 1. The second-order valence-corrected chi connectivity index (χ2v) is 41.2. The van der Waals surface area contributed by atoms with E-state index in [0.29, 0.717) is 227 Å². The van der Waals surface area contributed by atoms with Gasteiger partial charge in [-0.2, -0.15) is 13.5 Å². The van der Waals surface area contributed by atoms with Gasteiger partial charge in [-0.3, -0.25) is 48.2 Å². The maximum Gasteiger partial charge on any atom is 0.410 e. The van der Waals surface area contributed by atoms with E-state index in [0.717, 1.165) is 56.1 Å². The number of aliphatic carboxylic acids is 1. The zero-order chi connectivity index (χ0) is 107. The van der Waals surface area contributed by atoms with Crippen LogP contribution in [0.1, 0.15) is 152 Å². The van der Waals surface area contributed by atoms with Gasteiger partial charge in [-0.25, -0.2) is 29.0 Å². The summed E-state index contributed by atoms with van der Waals surface area (Å²) in [5.74, 6) is -7.90. The van der Waals surface area contributed by atoms with Crippen LogP contribution in [0.3, 0.4) is 0 Å². The Morgan fingerprint density at radius 2 is 1.30 bits per heavy atom. The summed E-state index contributed by atoms with van der Waals surface area (Å²) in [5.41, 5.74) is 4.82. The minimum Gasteiger partial charge on any atom is -0.479 e. The van der Waals surface area contributed by atoms with Gasteiger partial charge in [0.25, 0.3) is 27.8 Å². The van der Waals surface area contributed by atoms with Crippen molar-refractivity contribution in [2.24, 2.45) is 29.1 Å². The van der Waals surface area contributed by atoms with E-state index in [1.165, 1.54) is 29.1 Å². The van der Waals surface area contributed by atoms with E-state index in [9.17, 15) is 81.7 Å². The van der Waals surface area contributed by atoms with Crippen LogP contribution in [-0.4, -0.2) is 369 Å². The summed E-state index contributed by atoms with van der Waals surface area (Å²) in [4.78, 5) is 137. The molecule has 12 atom stereocenters. The number of ketones is 2. The number of rotatable bonds is 68. The number of carboxylic acids is 2. The first-order valence-corrected chi connectivity index (χ1v) is 53.1. The van der Waals surface area contributed by atoms with Crippen molar-refractivity contribution in [3.05, 3.63) is 148 Å². The lowest BCUT2D eigenvalue weighted by atomic mass is 9.55. The van der Waals surface area contributed by atoms with Crippen molar-refractivity contribution in [3.8, 4) is 11.1 Å². The number of Topliss-reactive ketones (excluding diaryl/α,β-unsaturated/α-hetero) is 2. The molecule has 4 unspecified atom stereocenters. The molecular formula is C103H142N12O32S2. The highest BCUT2D eigenvalue weighted by Crippen LogP contribution is 2.56. The molecule has 2 saturated carbocycles. The fourth-order valence-electron chi connectivity index (χ4n) is 19.7. The summed E-state index contributed by atoms with van der Waals surface area (Å²) < 4.78 is 124. The lowest BCUT2D eigenvalue weighted by Gasteiger charge is -2.55. The van der Waals surface area contributed by atoms with Crippen molar-refractivity contribution >= 4 is 95.8 Å². The summed E-state index contributed by atoms with van der Waals surface area (Å²) >= 11 is 1.38. The van der Waals surface area contributed by atoms with Crippen LogP contribution in [0.2, 0.25) is 0 Å². The number of hydrogen-bond acceptors (Lipinski definition) is 36. The minimum atomic E-state index is -4.66. The van der Waals surface area contributed by atoms with Crippen molar-refractivity contribution in [2.75, 3.05) is 201 Å². The standard InChI is InChI=1S/C103H142N12O32S2/c1-67(2)79(55-76(116)56-84(115-89(118)21-22-90(115)119)83-64-113(110-109-83)26-28-134-32-33-136-36-37-138-40-41-140-44-45-142-48-49-144-51-50-143-47-46-141-43-42-139-39-38-137-35-34-135-31-30-133-7)97(124)105-69(4)85(117)54-71-15-16-75(74(53-71)17-19-86-92(120)93(121)94(122)95(147-86)99(127)128)65-145-101(129)111(27-52-149(130,131)132)25-29-146-103-58-68(3)57-102(6,66-103)59-72(60-103)62-114-70(5)80(61-104-114)77-18-20-88(107-91(77)98(125)126)112-24-23-73-11-10-12-78(81(73)63-112)96(123)108-100-106-82-13-8-9-14-87(82)148-100/h8-16,18,20-22,53,61,64,67-69,72,79,84,86,92-95,120-122H,17,19,23-52,54-60,62-63,65-66H2,1-7H3,(H,105,124)(H,125,126)(H,127,128)(H,106,108,123)(H,130,131,132)/t68?,69-,72?,79-,84+,86-,92-,93+,94-,95-,102?,103?/m0/s1. The normalized spacial score (nSPS) is 20.4. The molecular weight excluding hydrogens is 1980 g/mol. The third kappa shape index (κ3) is 35.5. The van der Waals surface area contributed by atoms with E-state index < -0.39 is 143 Å². The molecule has 3 aliphatic heterocycles. The molecule has 0 radical (unpaired) electrons. The maximum absolute atomic E-state index is 14.5. The quantitative estimate of drug-likeness (QED) is 0.0107. The highest BCUT2D eigenvalue weighted by atomic mass is 32.2. The highest BCUT2D eigenvalue weighted by molar-refractivity contribution is 7.85. The second kappa shape index (κ2) is 58.3. The molecule has 3 fully saturated rings. The van der Waals surface area contributed by atoms with Crippen molar-refractivity contribution in [2.45, 2.75) is 187 Å². The number of amides is 5. The number of aromatic nitrogens is 7. The van der Waals surface area contributed by atoms with Crippen LogP contribution in [0.15, 0.2) is 97.3 Å². The number of imide groups is 1. The Labute approximate surface area is 869 Å². The van der Waals surface area contributed by atoms with Crippen LogP contribution in [-0.2, 0) is 155 Å². The monoisotopic (exact) mass is 2120 g/mol. The number of carbonyl (C=O) groups excluding carboxylic acids is 7. The molecule has 3 aromatic carbocycles. The smallest absolute Gasteiger partial charge is 0.410 e. The number of ether oxygens (including phenoxy) is 15. The van der Waals surface area contributed by atoms with E-state index in [1.807, 2.05) is 52.9 Å². The van der Waals surface area contributed by atoms with Gasteiger partial charge in [0.15, 0.2) is 22.7 Å².